The first-order valence-electron chi connectivity index (χ1n) is 8.37. The number of benzene rings is 1. The Morgan fingerprint density at radius 1 is 1.08 bits per heavy atom. The number of hydrogen-bond acceptors (Lipinski definition) is 3. The molecule has 4 heteroatoms. The SMILES string of the molecule is O=c1c2ccccc2sn1CCN1C=CC(C2=CCC=CC2)=CC1. The highest BCUT2D eigenvalue weighted by Crippen LogP contribution is 2.23. The fourth-order valence-corrected chi connectivity index (χ4v) is 4.14. The van der Waals surface area contributed by atoms with Crippen LogP contribution in [0.2, 0.25) is 0 Å². The lowest BCUT2D eigenvalue weighted by Crippen LogP contribution is -2.27. The van der Waals surface area contributed by atoms with Crippen molar-refractivity contribution in [2.24, 2.45) is 0 Å². The number of nitrogens with zero attached hydrogens (tertiary/aromatic N) is 2. The summed E-state index contributed by atoms with van der Waals surface area (Å²) in [6.07, 6.45) is 15.5. The summed E-state index contributed by atoms with van der Waals surface area (Å²) in [5.74, 6) is 0. The summed E-state index contributed by atoms with van der Waals surface area (Å²) in [4.78, 5) is 14.6. The fraction of sp³-hybridized carbons (Fsp3) is 0.250. The molecule has 0 saturated heterocycles. The van der Waals surface area contributed by atoms with Crippen LogP contribution in [0.25, 0.3) is 10.1 Å². The zero-order chi connectivity index (χ0) is 16.4. The van der Waals surface area contributed by atoms with Crippen LogP contribution >= 0.6 is 11.5 Å². The van der Waals surface area contributed by atoms with Crippen LogP contribution in [0.15, 0.2) is 76.8 Å². The molecule has 0 bridgehead atoms. The van der Waals surface area contributed by atoms with Crippen LogP contribution in [0.3, 0.4) is 0 Å². The van der Waals surface area contributed by atoms with Crippen molar-refractivity contribution in [2.75, 3.05) is 13.1 Å². The predicted octanol–water partition coefficient (Wildman–Crippen LogP) is 4.10. The van der Waals surface area contributed by atoms with E-state index in [-0.39, 0.29) is 5.56 Å². The molecule has 2 heterocycles. The van der Waals surface area contributed by atoms with E-state index in [1.54, 1.807) is 11.5 Å². The molecular weight excluding hydrogens is 316 g/mol. The second kappa shape index (κ2) is 6.65. The van der Waals surface area contributed by atoms with Gasteiger partial charge in [0.2, 0.25) is 0 Å². The smallest absolute Gasteiger partial charge is 0.268 e. The van der Waals surface area contributed by atoms with Gasteiger partial charge >= 0.3 is 0 Å². The van der Waals surface area contributed by atoms with Crippen LogP contribution < -0.4 is 5.56 Å². The van der Waals surface area contributed by atoms with E-state index in [0.717, 1.165) is 42.6 Å². The largest absolute Gasteiger partial charge is 0.372 e. The molecule has 0 saturated carbocycles. The summed E-state index contributed by atoms with van der Waals surface area (Å²) in [6.45, 7) is 2.50. The third kappa shape index (κ3) is 3.02. The van der Waals surface area contributed by atoms with Gasteiger partial charge in [0.15, 0.2) is 0 Å². The lowest BCUT2D eigenvalue weighted by Gasteiger charge is -2.23. The number of rotatable bonds is 4. The first kappa shape index (κ1) is 15.2. The molecular formula is C20H20N2OS. The summed E-state index contributed by atoms with van der Waals surface area (Å²) >= 11 is 1.56. The molecule has 2 aliphatic rings. The highest BCUT2D eigenvalue weighted by Gasteiger charge is 2.11. The average Bonchev–Trinajstić information content (AvgIpc) is 2.97. The van der Waals surface area contributed by atoms with E-state index in [1.165, 1.54) is 11.1 Å². The Kier molecular flexibility index (Phi) is 4.22. The van der Waals surface area contributed by atoms with Gasteiger partial charge in [-0.1, -0.05) is 48.0 Å². The molecule has 0 spiro atoms. The Balaban J connectivity index is 1.40. The molecule has 122 valence electrons. The van der Waals surface area contributed by atoms with Crippen LogP contribution in [0.4, 0.5) is 0 Å². The first-order chi connectivity index (χ1) is 11.8. The molecule has 0 fully saturated rings. The maximum Gasteiger partial charge on any atom is 0.268 e. The Labute approximate surface area is 145 Å². The number of fused-ring (bicyclic) bond motifs is 1. The molecule has 24 heavy (non-hydrogen) atoms. The average molecular weight is 336 g/mol. The van der Waals surface area contributed by atoms with Crippen molar-refractivity contribution in [1.29, 1.82) is 0 Å². The minimum atomic E-state index is 0.131. The molecule has 0 atom stereocenters. The van der Waals surface area contributed by atoms with Gasteiger partial charge in [0.1, 0.15) is 0 Å². The molecule has 3 nitrogen and oxygen atoms in total. The van der Waals surface area contributed by atoms with Crippen molar-refractivity contribution in [3.05, 3.63) is 82.3 Å². The van der Waals surface area contributed by atoms with Crippen LogP contribution in [0, 0.1) is 0 Å². The zero-order valence-corrected chi connectivity index (χ0v) is 14.3. The molecule has 1 aliphatic heterocycles. The molecule has 1 aromatic heterocycles. The van der Waals surface area contributed by atoms with Gasteiger partial charge in [-0.25, -0.2) is 0 Å². The standard InChI is InChI=1S/C20H20N2OS/c23-20-18-8-4-5-9-19(18)24-22(20)15-14-21-12-10-17(11-13-21)16-6-2-1-3-7-16/h1-2,4-5,7-12H,3,6,13-15H2. The number of aromatic nitrogens is 1. The van der Waals surface area contributed by atoms with Gasteiger partial charge in [0.25, 0.3) is 5.56 Å². The van der Waals surface area contributed by atoms with E-state index in [9.17, 15) is 4.79 Å². The van der Waals surface area contributed by atoms with E-state index in [1.807, 2.05) is 28.2 Å². The fourth-order valence-electron chi connectivity index (χ4n) is 3.15. The highest BCUT2D eigenvalue weighted by molar-refractivity contribution is 7.13. The van der Waals surface area contributed by atoms with E-state index >= 15 is 0 Å². The van der Waals surface area contributed by atoms with Gasteiger partial charge in [0.05, 0.1) is 16.6 Å². The van der Waals surface area contributed by atoms with Crippen LogP contribution in [-0.2, 0) is 6.54 Å². The van der Waals surface area contributed by atoms with Gasteiger partial charge in [-0.3, -0.25) is 8.75 Å². The summed E-state index contributed by atoms with van der Waals surface area (Å²) in [5.41, 5.74) is 2.90. The maximum absolute atomic E-state index is 12.4. The third-order valence-electron chi connectivity index (χ3n) is 4.53. The van der Waals surface area contributed by atoms with Crippen molar-refractivity contribution in [3.8, 4) is 0 Å². The van der Waals surface area contributed by atoms with Crippen LogP contribution in [0.5, 0.6) is 0 Å². The second-order valence-corrected chi connectivity index (χ2v) is 7.17. The first-order valence-corrected chi connectivity index (χ1v) is 9.14. The molecule has 0 unspecified atom stereocenters. The third-order valence-corrected chi connectivity index (χ3v) is 5.65. The van der Waals surface area contributed by atoms with Crippen molar-refractivity contribution in [1.82, 2.24) is 8.86 Å². The summed E-state index contributed by atoms with van der Waals surface area (Å²) < 4.78 is 2.93. The summed E-state index contributed by atoms with van der Waals surface area (Å²) in [5, 5.41) is 0.830. The Morgan fingerprint density at radius 2 is 2.00 bits per heavy atom. The van der Waals surface area contributed by atoms with Gasteiger partial charge in [0, 0.05) is 13.1 Å². The Bertz CT molecular complexity index is 927. The van der Waals surface area contributed by atoms with Crippen molar-refractivity contribution < 1.29 is 0 Å². The van der Waals surface area contributed by atoms with Gasteiger partial charge < -0.3 is 4.90 Å². The molecule has 0 amide bonds. The minimum Gasteiger partial charge on any atom is -0.372 e. The van der Waals surface area contributed by atoms with Gasteiger partial charge in [-0.05, 0) is 48.4 Å². The van der Waals surface area contributed by atoms with Crippen molar-refractivity contribution in [2.45, 2.75) is 19.4 Å². The highest BCUT2D eigenvalue weighted by atomic mass is 32.1. The molecule has 2 aromatic rings. The van der Waals surface area contributed by atoms with Crippen molar-refractivity contribution >= 4 is 21.6 Å². The molecule has 1 aliphatic carbocycles. The van der Waals surface area contributed by atoms with Crippen LogP contribution in [0.1, 0.15) is 12.8 Å². The van der Waals surface area contributed by atoms with E-state index in [2.05, 4.69) is 41.5 Å². The lowest BCUT2D eigenvalue weighted by molar-refractivity contribution is 0.390. The quantitative estimate of drug-likeness (QED) is 0.786. The van der Waals surface area contributed by atoms with E-state index in [0.29, 0.717) is 0 Å². The maximum atomic E-state index is 12.4. The Morgan fingerprint density at radius 3 is 2.75 bits per heavy atom. The lowest BCUT2D eigenvalue weighted by atomic mass is 9.96. The Hall–Kier alpha value is -2.33. The summed E-state index contributed by atoms with van der Waals surface area (Å²) in [6, 6.07) is 7.83. The van der Waals surface area contributed by atoms with E-state index in [4.69, 9.17) is 0 Å². The van der Waals surface area contributed by atoms with Crippen LogP contribution in [-0.4, -0.2) is 21.9 Å². The zero-order valence-electron chi connectivity index (χ0n) is 13.5. The van der Waals surface area contributed by atoms with Crippen molar-refractivity contribution in [3.63, 3.8) is 0 Å². The normalized spacial score (nSPS) is 17.2. The number of hydrogen-bond donors (Lipinski definition) is 0. The molecule has 0 radical (unpaired) electrons. The van der Waals surface area contributed by atoms with Gasteiger partial charge in [-0.15, -0.1) is 0 Å². The number of allylic oxidation sites excluding steroid dienone is 6. The topological polar surface area (TPSA) is 25.2 Å². The monoisotopic (exact) mass is 336 g/mol. The molecule has 0 N–H and O–H groups in total. The molecule has 1 aromatic carbocycles. The minimum absolute atomic E-state index is 0.131. The molecule has 4 rings (SSSR count). The van der Waals surface area contributed by atoms with Gasteiger partial charge in [-0.2, -0.15) is 0 Å². The summed E-state index contributed by atoms with van der Waals surface area (Å²) in [7, 11) is 0. The second-order valence-electron chi connectivity index (χ2n) is 6.11. The van der Waals surface area contributed by atoms with E-state index < -0.39 is 0 Å². The predicted molar refractivity (Wildman–Crippen MR) is 101 cm³/mol.